The topological polar surface area (TPSA) is 57.8 Å². The lowest BCUT2D eigenvalue weighted by atomic mass is 10.1. The van der Waals surface area contributed by atoms with Gasteiger partial charge in [-0.15, -0.1) is 0 Å². The Balaban J connectivity index is 2.24. The number of hydrogen-bond donors (Lipinski definition) is 2. The van der Waals surface area contributed by atoms with Crippen LogP contribution in [0.3, 0.4) is 0 Å². The number of hydrogen-bond acceptors (Lipinski definition) is 3. The molecule has 0 amide bonds. The first-order valence-corrected chi connectivity index (χ1v) is 6.20. The van der Waals surface area contributed by atoms with E-state index in [-0.39, 0.29) is 5.56 Å². The van der Waals surface area contributed by atoms with Crippen LogP contribution in [-0.4, -0.2) is 16.5 Å². The molecule has 0 aliphatic rings. The van der Waals surface area contributed by atoms with Crippen molar-refractivity contribution in [2.24, 2.45) is 0 Å². The minimum absolute atomic E-state index is 0.136. The van der Waals surface area contributed by atoms with E-state index in [0.29, 0.717) is 11.6 Å². The summed E-state index contributed by atoms with van der Waals surface area (Å²) in [6, 6.07) is 11.2. The zero-order chi connectivity index (χ0) is 12.8. The molecule has 4 heteroatoms. The van der Waals surface area contributed by atoms with Gasteiger partial charge in [-0.05, 0) is 6.42 Å². The summed E-state index contributed by atoms with van der Waals surface area (Å²) in [6.45, 7) is 2.94. The molecule has 94 valence electrons. The van der Waals surface area contributed by atoms with Crippen LogP contribution in [-0.2, 0) is 0 Å². The summed E-state index contributed by atoms with van der Waals surface area (Å²) in [7, 11) is 0. The average molecular weight is 243 g/mol. The number of rotatable bonds is 5. The molecule has 1 aromatic heterocycles. The van der Waals surface area contributed by atoms with Gasteiger partial charge >= 0.3 is 0 Å². The molecule has 0 saturated heterocycles. The Hall–Kier alpha value is -2.10. The Labute approximate surface area is 106 Å². The fraction of sp³-hybridized carbons (Fsp3) is 0.286. The molecule has 2 rings (SSSR count). The predicted octanol–water partition coefficient (Wildman–Crippen LogP) is 2.65. The van der Waals surface area contributed by atoms with Gasteiger partial charge in [0.05, 0.1) is 5.69 Å². The standard InChI is InChI=1S/C14H17N3O/c1-2-3-9-15-14-16-12(10-13(18)17-14)11-7-5-4-6-8-11/h4-8,10H,2-3,9H2,1H3,(H2,15,16,17,18). The van der Waals surface area contributed by atoms with Crippen LogP contribution in [0.15, 0.2) is 41.2 Å². The smallest absolute Gasteiger partial charge is 0.252 e. The first-order chi connectivity index (χ1) is 8.79. The van der Waals surface area contributed by atoms with Gasteiger partial charge in [-0.25, -0.2) is 4.98 Å². The number of nitrogens with zero attached hydrogens (tertiary/aromatic N) is 1. The molecular weight excluding hydrogens is 226 g/mol. The first kappa shape index (κ1) is 12.4. The number of aromatic nitrogens is 2. The van der Waals surface area contributed by atoms with Gasteiger partial charge < -0.3 is 5.32 Å². The number of H-pyrrole nitrogens is 1. The highest BCUT2D eigenvalue weighted by atomic mass is 16.1. The molecule has 0 unspecified atom stereocenters. The lowest BCUT2D eigenvalue weighted by Gasteiger charge is -2.06. The lowest BCUT2D eigenvalue weighted by Crippen LogP contribution is -2.13. The Kier molecular flexibility index (Phi) is 4.12. The normalized spacial score (nSPS) is 10.3. The number of anilines is 1. The van der Waals surface area contributed by atoms with Crippen LogP contribution in [0, 0.1) is 0 Å². The quantitative estimate of drug-likeness (QED) is 0.794. The molecule has 0 aliphatic carbocycles. The Morgan fingerprint density at radius 1 is 1.28 bits per heavy atom. The zero-order valence-electron chi connectivity index (χ0n) is 10.4. The van der Waals surface area contributed by atoms with Crippen LogP contribution in [0.25, 0.3) is 11.3 Å². The van der Waals surface area contributed by atoms with E-state index in [0.717, 1.165) is 24.9 Å². The molecule has 18 heavy (non-hydrogen) atoms. The van der Waals surface area contributed by atoms with Gasteiger partial charge in [0.15, 0.2) is 0 Å². The molecule has 2 aromatic rings. The highest BCUT2D eigenvalue weighted by molar-refractivity contribution is 5.59. The minimum Gasteiger partial charge on any atom is -0.356 e. The van der Waals surface area contributed by atoms with Crippen LogP contribution < -0.4 is 10.9 Å². The van der Waals surface area contributed by atoms with Crippen LogP contribution in [0.4, 0.5) is 5.95 Å². The van der Waals surface area contributed by atoms with Crippen molar-refractivity contribution in [1.29, 1.82) is 0 Å². The second-order valence-corrected chi connectivity index (χ2v) is 4.13. The first-order valence-electron chi connectivity index (χ1n) is 6.20. The molecule has 0 fully saturated rings. The van der Waals surface area contributed by atoms with Crippen molar-refractivity contribution in [3.63, 3.8) is 0 Å². The third kappa shape index (κ3) is 3.20. The van der Waals surface area contributed by atoms with Crippen LogP contribution in [0.5, 0.6) is 0 Å². The van der Waals surface area contributed by atoms with E-state index in [1.807, 2.05) is 30.3 Å². The van der Waals surface area contributed by atoms with E-state index >= 15 is 0 Å². The van der Waals surface area contributed by atoms with Gasteiger partial charge in [-0.2, -0.15) is 0 Å². The number of benzene rings is 1. The fourth-order valence-corrected chi connectivity index (χ4v) is 1.68. The van der Waals surface area contributed by atoms with Gasteiger partial charge in [0.25, 0.3) is 5.56 Å². The monoisotopic (exact) mass is 243 g/mol. The van der Waals surface area contributed by atoms with Crippen LogP contribution >= 0.6 is 0 Å². The summed E-state index contributed by atoms with van der Waals surface area (Å²) in [5.74, 6) is 0.537. The van der Waals surface area contributed by atoms with Crippen LogP contribution in [0.2, 0.25) is 0 Å². The second kappa shape index (κ2) is 6.00. The van der Waals surface area contributed by atoms with E-state index in [1.54, 1.807) is 0 Å². The highest BCUT2D eigenvalue weighted by Gasteiger charge is 2.02. The molecular formula is C14H17N3O. The summed E-state index contributed by atoms with van der Waals surface area (Å²) in [5, 5.41) is 3.13. The predicted molar refractivity (Wildman–Crippen MR) is 73.7 cm³/mol. The molecule has 0 atom stereocenters. The largest absolute Gasteiger partial charge is 0.356 e. The third-order valence-corrected chi connectivity index (χ3v) is 2.63. The van der Waals surface area contributed by atoms with Gasteiger partial charge in [0, 0.05) is 18.2 Å². The Morgan fingerprint density at radius 2 is 2.06 bits per heavy atom. The van der Waals surface area contributed by atoms with E-state index in [1.165, 1.54) is 6.07 Å². The third-order valence-electron chi connectivity index (χ3n) is 2.63. The molecule has 0 aliphatic heterocycles. The summed E-state index contributed by atoms with van der Waals surface area (Å²) in [6.07, 6.45) is 2.16. The van der Waals surface area contributed by atoms with E-state index in [4.69, 9.17) is 0 Å². The van der Waals surface area contributed by atoms with Gasteiger partial charge in [0.1, 0.15) is 0 Å². The number of aromatic amines is 1. The van der Waals surface area contributed by atoms with Crippen molar-refractivity contribution < 1.29 is 0 Å². The molecule has 0 saturated carbocycles. The summed E-state index contributed by atoms with van der Waals surface area (Å²) in [5.41, 5.74) is 1.50. The molecule has 0 radical (unpaired) electrons. The molecule has 0 spiro atoms. The highest BCUT2D eigenvalue weighted by Crippen LogP contribution is 2.15. The maximum atomic E-state index is 11.6. The van der Waals surface area contributed by atoms with Crippen molar-refractivity contribution >= 4 is 5.95 Å². The average Bonchev–Trinajstić information content (AvgIpc) is 2.39. The minimum atomic E-state index is -0.136. The van der Waals surface area contributed by atoms with Crippen molar-refractivity contribution in [2.45, 2.75) is 19.8 Å². The molecule has 2 N–H and O–H groups in total. The molecule has 0 bridgehead atoms. The SMILES string of the molecule is CCCCNc1nc(-c2ccccc2)cc(=O)[nH]1. The van der Waals surface area contributed by atoms with E-state index < -0.39 is 0 Å². The van der Waals surface area contributed by atoms with Crippen molar-refractivity contribution in [3.05, 3.63) is 46.8 Å². The van der Waals surface area contributed by atoms with Crippen molar-refractivity contribution in [1.82, 2.24) is 9.97 Å². The summed E-state index contributed by atoms with van der Waals surface area (Å²) >= 11 is 0. The van der Waals surface area contributed by atoms with Crippen molar-refractivity contribution in [3.8, 4) is 11.3 Å². The van der Waals surface area contributed by atoms with Gasteiger partial charge in [-0.1, -0.05) is 43.7 Å². The maximum Gasteiger partial charge on any atom is 0.252 e. The molecule has 1 aromatic carbocycles. The maximum absolute atomic E-state index is 11.6. The number of nitrogens with one attached hydrogen (secondary N) is 2. The van der Waals surface area contributed by atoms with Gasteiger partial charge in [-0.3, -0.25) is 9.78 Å². The second-order valence-electron chi connectivity index (χ2n) is 4.13. The summed E-state index contributed by atoms with van der Waals surface area (Å²) < 4.78 is 0. The Morgan fingerprint density at radius 3 is 2.78 bits per heavy atom. The molecule has 1 heterocycles. The molecule has 4 nitrogen and oxygen atoms in total. The van der Waals surface area contributed by atoms with E-state index in [9.17, 15) is 4.79 Å². The fourth-order valence-electron chi connectivity index (χ4n) is 1.68. The van der Waals surface area contributed by atoms with Gasteiger partial charge in [0.2, 0.25) is 5.95 Å². The zero-order valence-corrected chi connectivity index (χ0v) is 10.4. The Bertz CT molecular complexity index is 548. The van der Waals surface area contributed by atoms with E-state index in [2.05, 4.69) is 22.2 Å². The number of unbranched alkanes of at least 4 members (excludes halogenated alkanes) is 1. The van der Waals surface area contributed by atoms with Crippen molar-refractivity contribution in [2.75, 3.05) is 11.9 Å². The lowest BCUT2D eigenvalue weighted by molar-refractivity contribution is 0.825. The van der Waals surface area contributed by atoms with Crippen LogP contribution in [0.1, 0.15) is 19.8 Å². The summed E-state index contributed by atoms with van der Waals surface area (Å²) in [4.78, 5) is 18.7.